The third-order valence-corrected chi connectivity index (χ3v) is 12.4. The molecule has 23 heteroatoms. The summed E-state index contributed by atoms with van der Waals surface area (Å²) in [6.07, 6.45) is -4.94. The van der Waals surface area contributed by atoms with Crippen LogP contribution in [0.2, 0.25) is 5.28 Å². The van der Waals surface area contributed by atoms with Gasteiger partial charge in [0.1, 0.15) is 23.8 Å². The highest BCUT2D eigenvalue weighted by molar-refractivity contribution is 7.88. The van der Waals surface area contributed by atoms with Crippen LogP contribution in [0.25, 0.3) is 11.2 Å². The van der Waals surface area contributed by atoms with Gasteiger partial charge in [0.15, 0.2) is 17.7 Å². The van der Waals surface area contributed by atoms with Crippen molar-refractivity contribution in [3.05, 3.63) is 11.6 Å². The summed E-state index contributed by atoms with van der Waals surface area (Å²) in [6, 6.07) is 0. The van der Waals surface area contributed by atoms with Gasteiger partial charge in [-0.3, -0.25) is 18.3 Å². The van der Waals surface area contributed by atoms with E-state index in [-0.39, 0.29) is 22.3 Å². The number of aliphatic hydroxyl groups excluding tert-OH is 2. The lowest BCUT2D eigenvalue weighted by molar-refractivity contribution is -0.0478. The predicted octanol–water partition coefficient (Wildman–Crippen LogP) is 0.443. The van der Waals surface area contributed by atoms with Crippen molar-refractivity contribution in [1.82, 2.24) is 19.5 Å². The van der Waals surface area contributed by atoms with Crippen LogP contribution < -0.4 is 5.73 Å². The van der Waals surface area contributed by atoms with Crippen molar-refractivity contribution in [2.45, 2.75) is 28.4 Å². The van der Waals surface area contributed by atoms with Gasteiger partial charge < -0.3 is 39.9 Å². The molecule has 34 heavy (non-hydrogen) atoms. The Balaban J connectivity index is 1.75. The smallest absolute Gasteiger partial charge is 0.383 e. The van der Waals surface area contributed by atoms with Crippen LogP contribution in [0, 0.1) is 0 Å². The molecule has 1 aliphatic heterocycles. The van der Waals surface area contributed by atoms with Gasteiger partial charge in [0, 0.05) is 0 Å². The molecular formula is C11H14BCl3N5O11P3. The summed E-state index contributed by atoms with van der Waals surface area (Å²) in [5.41, 5.74) is 5.87. The topological polar surface area (TPSA) is 250 Å². The molecule has 6 atom stereocenters. The average Bonchev–Trinajstić information content (AvgIpc) is 3.20. The first-order chi connectivity index (χ1) is 15.4. The zero-order chi connectivity index (χ0) is 25.9. The van der Waals surface area contributed by atoms with Crippen molar-refractivity contribution in [3.8, 4) is 0 Å². The van der Waals surface area contributed by atoms with Crippen molar-refractivity contribution in [2.75, 3.05) is 12.3 Å². The maximum atomic E-state index is 12.3. The lowest BCUT2D eigenvalue weighted by atomic mass is 10.1. The maximum Gasteiger partial charge on any atom is 0.383 e. The number of hydrogen-bond donors (Lipinski definition) is 6. The second kappa shape index (κ2) is 9.51. The Morgan fingerprint density at radius 1 is 1.21 bits per heavy atom. The molecule has 1 aliphatic rings. The Kier molecular flexibility index (Phi) is 7.90. The number of fused-ring (bicyclic) bond motifs is 1. The first-order valence-electron chi connectivity index (χ1n) is 8.56. The number of imidazole rings is 1. The minimum Gasteiger partial charge on any atom is -0.387 e. The van der Waals surface area contributed by atoms with E-state index in [4.69, 9.17) is 62.6 Å². The van der Waals surface area contributed by atoms with Crippen molar-refractivity contribution >= 4 is 82.0 Å². The first-order valence-corrected chi connectivity index (χ1v) is 14.5. The normalized spacial score (nSPS) is 27.5. The van der Waals surface area contributed by atoms with Crippen LogP contribution in [0.4, 0.5) is 5.82 Å². The standard InChI is InChI=1S/C11H14BCl3N5O11P3/c12-34(28,31-33(26,27)11(14,15)32(23,24)25)29-1-3-5(21)6(22)9(30-3)20-2-17-4-7(16)18-10(13)19-8(4)20/h2-3,5-6,9,21-22H,1H2,(H,26,27)(H2,16,18,19)(H2,23,24,25)/t3-,5-,6-,9-,34+/m1/s1. The third-order valence-electron chi connectivity index (χ3n) is 4.37. The molecule has 0 saturated carbocycles. The molecule has 1 fully saturated rings. The second-order valence-electron chi connectivity index (χ2n) is 6.74. The molecule has 1 saturated heterocycles. The highest BCUT2D eigenvalue weighted by Gasteiger charge is 2.62. The second-order valence-corrected chi connectivity index (χ2v) is 15.3. The summed E-state index contributed by atoms with van der Waals surface area (Å²) < 4.78 is 47.4. The number of nitrogens with two attached hydrogens (primary N) is 1. The SMILES string of the molecule is [B][P@](=O)(OC[C@H]1O[C@@H](n2cnc3c(N)nc(Cl)nc32)[C@H](O)[C@@H]1O)OP(=O)(O)C(Cl)(Cl)P(=O)(O)O. The molecule has 2 aromatic heterocycles. The fourth-order valence-electron chi connectivity index (χ4n) is 2.76. The van der Waals surface area contributed by atoms with Crippen LogP contribution >= 0.6 is 57.5 Å². The summed E-state index contributed by atoms with van der Waals surface area (Å²) in [7, 11) is -11.3. The maximum absolute atomic E-state index is 12.3. The number of alkyl halides is 2. The summed E-state index contributed by atoms with van der Waals surface area (Å²) in [5.74, 6) is -0.0683. The van der Waals surface area contributed by atoms with Gasteiger partial charge in [-0.1, -0.05) is 23.2 Å². The number of aliphatic hydroxyl groups is 2. The van der Waals surface area contributed by atoms with Crippen LogP contribution in [0.15, 0.2) is 6.33 Å². The van der Waals surface area contributed by atoms with E-state index in [9.17, 15) is 28.8 Å². The van der Waals surface area contributed by atoms with Gasteiger partial charge in [0.25, 0.3) is 7.47 Å². The van der Waals surface area contributed by atoms with E-state index in [0.717, 1.165) is 6.33 Å². The average molecular weight is 602 g/mol. The summed E-state index contributed by atoms with van der Waals surface area (Å²) in [5, 5.41) is 20.4. The van der Waals surface area contributed by atoms with E-state index in [1.54, 1.807) is 0 Å². The third kappa shape index (κ3) is 5.34. The Morgan fingerprint density at radius 3 is 2.41 bits per heavy atom. The van der Waals surface area contributed by atoms with E-state index >= 15 is 0 Å². The van der Waals surface area contributed by atoms with Gasteiger partial charge in [0.2, 0.25) is 12.8 Å². The number of nitrogen functional groups attached to an aromatic ring is 1. The molecule has 0 aromatic carbocycles. The number of aromatic nitrogens is 4. The molecule has 7 N–H and O–H groups in total. The van der Waals surface area contributed by atoms with Crippen molar-refractivity contribution in [2.24, 2.45) is 0 Å². The quantitative estimate of drug-likeness (QED) is 0.104. The van der Waals surface area contributed by atoms with Gasteiger partial charge in [0.05, 0.1) is 12.9 Å². The summed E-state index contributed by atoms with van der Waals surface area (Å²) >= 11 is 16.2. The minimum absolute atomic E-state index is 0.0439. The van der Waals surface area contributed by atoms with E-state index in [1.807, 2.05) is 0 Å². The zero-order valence-electron chi connectivity index (χ0n) is 16.2. The van der Waals surface area contributed by atoms with Crippen LogP contribution in [0.5, 0.6) is 0 Å². The van der Waals surface area contributed by atoms with E-state index in [2.05, 4.69) is 23.8 Å². The first kappa shape index (κ1) is 28.2. The van der Waals surface area contributed by atoms with Gasteiger partial charge in [-0.05, 0) is 11.6 Å². The molecule has 0 bridgehead atoms. The molecule has 3 heterocycles. The number of anilines is 1. The van der Waals surface area contributed by atoms with E-state index in [0.29, 0.717) is 0 Å². The van der Waals surface area contributed by atoms with Gasteiger partial charge in [-0.2, -0.15) is 9.97 Å². The van der Waals surface area contributed by atoms with Crippen LogP contribution in [0.3, 0.4) is 0 Å². The molecule has 2 radical (unpaired) electrons. The van der Waals surface area contributed by atoms with Crippen molar-refractivity contribution in [1.29, 1.82) is 0 Å². The highest BCUT2D eigenvalue weighted by Crippen LogP contribution is 2.79. The molecule has 1 unspecified atom stereocenters. The molecule has 0 amide bonds. The lowest BCUT2D eigenvalue weighted by Gasteiger charge is -2.28. The minimum atomic E-state index is -5.76. The number of halogens is 3. The zero-order valence-corrected chi connectivity index (χ0v) is 21.1. The Morgan fingerprint density at radius 2 is 1.82 bits per heavy atom. The summed E-state index contributed by atoms with van der Waals surface area (Å²) in [4.78, 5) is 39.4. The molecule has 0 aliphatic carbocycles. The van der Waals surface area contributed by atoms with Crippen LogP contribution in [0.1, 0.15) is 6.23 Å². The van der Waals surface area contributed by atoms with Gasteiger partial charge in [-0.15, -0.1) is 0 Å². The number of rotatable bonds is 8. The number of nitrogens with zero attached hydrogens (tertiary/aromatic N) is 4. The highest BCUT2D eigenvalue weighted by atomic mass is 35.5. The Labute approximate surface area is 205 Å². The molecule has 0 spiro atoms. The molecule has 188 valence electrons. The van der Waals surface area contributed by atoms with Crippen LogP contribution in [-0.2, 0) is 27.3 Å². The predicted molar refractivity (Wildman–Crippen MR) is 117 cm³/mol. The fourth-order valence-corrected chi connectivity index (χ4v) is 7.31. The lowest BCUT2D eigenvalue weighted by Crippen LogP contribution is -2.33. The molecule has 3 rings (SSSR count). The number of ether oxygens (including phenoxy) is 1. The van der Waals surface area contributed by atoms with E-state index in [1.165, 1.54) is 4.57 Å². The van der Waals surface area contributed by atoms with Gasteiger partial charge >= 0.3 is 19.0 Å². The molecule has 16 nitrogen and oxygen atoms in total. The van der Waals surface area contributed by atoms with Crippen molar-refractivity contribution < 1.29 is 52.2 Å². The molecular weight excluding hydrogens is 588 g/mol. The summed E-state index contributed by atoms with van der Waals surface area (Å²) in [6.45, 7) is -0.902. The Bertz CT molecular complexity index is 1250. The Hall–Kier alpha value is -0.345. The van der Waals surface area contributed by atoms with Crippen LogP contribution in [-0.4, -0.2) is 80.7 Å². The monoisotopic (exact) mass is 601 g/mol. The fraction of sp³-hybridized carbons (Fsp3) is 0.545. The number of hydrogen-bond acceptors (Lipinski definition) is 12. The molecule has 2 aromatic rings. The van der Waals surface area contributed by atoms with Gasteiger partial charge in [-0.25, -0.2) is 9.29 Å². The van der Waals surface area contributed by atoms with E-state index < -0.39 is 57.6 Å². The largest absolute Gasteiger partial charge is 0.387 e. The van der Waals surface area contributed by atoms with Crippen molar-refractivity contribution in [3.63, 3.8) is 0 Å².